The molecule has 3 heteroatoms. The third-order valence-electron chi connectivity index (χ3n) is 0.878. The van der Waals surface area contributed by atoms with Crippen LogP contribution in [0.5, 0.6) is 5.88 Å². The van der Waals surface area contributed by atoms with Crippen molar-refractivity contribution in [2.45, 2.75) is 0 Å². The monoisotopic (exact) mass is 142 g/mol. The second-order valence-corrected chi connectivity index (χ2v) is 2.06. The molecule has 0 aliphatic heterocycles. The van der Waals surface area contributed by atoms with E-state index in [0.717, 1.165) is 0 Å². The molecule has 0 atom stereocenters. The summed E-state index contributed by atoms with van der Waals surface area (Å²) in [6.07, 6.45) is 1.45. The van der Waals surface area contributed by atoms with Crippen molar-refractivity contribution in [2.24, 2.45) is 0 Å². The van der Waals surface area contributed by atoms with Crippen LogP contribution in [-0.2, 0) is 0 Å². The van der Waals surface area contributed by atoms with E-state index in [9.17, 15) is 0 Å². The molecular weight excluding hydrogens is 138 g/mol. The van der Waals surface area contributed by atoms with Crippen molar-refractivity contribution >= 4 is 11.6 Å². The molecule has 1 heterocycles. The summed E-state index contributed by atoms with van der Waals surface area (Å²) >= 11 is 5.46. The van der Waals surface area contributed by atoms with Gasteiger partial charge in [-0.1, -0.05) is 11.6 Å². The van der Waals surface area contributed by atoms with Gasteiger partial charge in [0, 0.05) is 6.20 Å². The minimum atomic E-state index is -0.149. The number of aromatic nitrogens is 1. The van der Waals surface area contributed by atoms with Crippen LogP contribution in [0.4, 0.5) is 0 Å². The fourth-order valence-electron chi connectivity index (χ4n) is 0.470. The third kappa shape index (κ3) is 1.33. The Morgan fingerprint density at radius 1 is 1.67 bits per heavy atom. The molecule has 9 heavy (non-hydrogen) atoms. The van der Waals surface area contributed by atoms with Gasteiger partial charge in [-0.15, -0.1) is 0 Å². The van der Waals surface area contributed by atoms with Gasteiger partial charge in [-0.05, 0) is 18.6 Å². The molecule has 0 aromatic carbocycles. The highest BCUT2D eigenvalue weighted by molar-refractivity contribution is 6.31. The Bertz CT molecular complexity index is 224. The zero-order chi connectivity index (χ0) is 6.85. The second kappa shape index (κ2) is 2.23. The normalized spacial score (nSPS) is 9.56. The minimum absolute atomic E-state index is 0.149. The highest BCUT2D eigenvalue weighted by Gasteiger charge is 1.96. The van der Waals surface area contributed by atoms with Crippen molar-refractivity contribution in [3.8, 4) is 5.88 Å². The molecule has 0 amide bonds. The predicted molar refractivity (Wildman–Crippen MR) is 35.4 cm³/mol. The lowest BCUT2D eigenvalue weighted by atomic mass is 10.3. The molecule has 0 bridgehead atoms. The van der Waals surface area contributed by atoms with Gasteiger partial charge < -0.3 is 5.11 Å². The van der Waals surface area contributed by atoms with Crippen LogP contribution in [0.2, 0.25) is 5.02 Å². The largest absolute Gasteiger partial charge is 0.492 e. The van der Waals surface area contributed by atoms with Crippen molar-refractivity contribution in [1.29, 1.82) is 0 Å². The molecule has 0 saturated carbocycles. The molecule has 0 unspecified atom stereocenters. The van der Waals surface area contributed by atoms with Gasteiger partial charge in [-0.3, -0.25) is 0 Å². The number of hydrogen-bond acceptors (Lipinski definition) is 2. The Balaban J connectivity index is 3.17. The van der Waals surface area contributed by atoms with Gasteiger partial charge in [-0.2, -0.15) is 0 Å². The first-order valence-corrected chi connectivity index (χ1v) is 2.74. The Kier molecular flexibility index (Phi) is 1.58. The summed E-state index contributed by atoms with van der Waals surface area (Å²) in [7, 11) is 0. The smallest absolute Gasteiger partial charge is 0.230 e. The highest BCUT2D eigenvalue weighted by Crippen LogP contribution is 2.19. The molecule has 0 spiro atoms. The summed E-state index contributed by atoms with van der Waals surface area (Å²) in [5.41, 5.74) is 0.692. The molecule has 0 aliphatic rings. The molecule has 47 valence electrons. The minimum Gasteiger partial charge on any atom is -0.492 e. The fraction of sp³-hybridized carbons (Fsp3) is 0. The summed E-state index contributed by atoms with van der Waals surface area (Å²) in [6, 6.07) is 1.55. The van der Waals surface area contributed by atoms with Gasteiger partial charge in [-0.25, -0.2) is 4.98 Å². The maximum atomic E-state index is 8.77. The van der Waals surface area contributed by atoms with E-state index in [-0.39, 0.29) is 10.9 Å². The summed E-state index contributed by atoms with van der Waals surface area (Å²) in [6.45, 7) is 3.56. The van der Waals surface area contributed by atoms with E-state index >= 15 is 0 Å². The standard InChI is InChI=1S/C6H5ClNO/c1-4-2-5(7)6(9)8-3-4/h2-3H,1H2,(H,8,9). The first-order valence-electron chi connectivity index (χ1n) is 2.36. The zero-order valence-corrected chi connectivity index (χ0v) is 5.39. The topological polar surface area (TPSA) is 33.1 Å². The molecule has 0 saturated heterocycles. The van der Waals surface area contributed by atoms with Gasteiger partial charge in [0.2, 0.25) is 5.88 Å². The number of hydrogen-bond donors (Lipinski definition) is 1. The first-order chi connectivity index (χ1) is 4.20. The highest BCUT2D eigenvalue weighted by atomic mass is 35.5. The van der Waals surface area contributed by atoms with E-state index in [2.05, 4.69) is 11.9 Å². The number of nitrogens with zero attached hydrogens (tertiary/aromatic N) is 1. The number of pyridine rings is 1. The molecule has 1 rings (SSSR count). The van der Waals surface area contributed by atoms with Crippen LogP contribution in [0.15, 0.2) is 12.3 Å². The zero-order valence-electron chi connectivity index (χ0n) is 4.63. The average molecular weight is 143 g/mol. The van der Waals surface area contributed by atoms with E-state index < -0.39 is 0 Å². The van der Waals surface area contributed by atoms with Gasteiger partial charge in [0.1, 0.15) is 5.02 Å². The Morgan fingerprint density at radius 2 is 2.33 bits per heavy atom. The second-order valence-electron chi connectivity index (χ2n) is 1.65. The SMILES string of the molecule is [CH2]c1cnc(O)c(Cl)c1. The average Bonchev–Trinajstić information content (AvgIpc) is 1.80. The predicted octanol–water partition coefficient (Wildman–Crippen LogP) is 1.62. The Morgan fingerprint density at radius 3 is 2.78 bits per heavy atom. The van der Waals surface area contributed by atoms with E-state index in [1.807, 2.05) is 0 Å². The van der Waals surface area contributed by atoms with Crippen molar-refractivity contribution in [1.82, 2.24) is 4.98 Å². The van der Waals surface area contributed by atoms with E-state index in [4.69, 9.17) is 16.7 Å². The van der Waals surface area contributed by atoms with Gasteiger partial charge in [0.25, 0.3) is 0 Å². The lowest BCUT2D eigenvalue weighted by Gasteiger charge is -1.93. The van der Waals surface area contributed by atoms with Gasteiger partial charge >= 0.3 is 0 Å². The fourth-order valence-corrected chi connectivity index (χ4v) is 0.659. The Labute approximate surface area is 58.1 Å². The molecular formula is C6H5ClNO. The molecule has 2 nitrogen and oxygen atoms in total. The van der Waals surface area contributed by atoms with Crippen molar-refractivity contribution in [3.05, 3.63) is 29.8 Å². The summed E-state index contributed by atoms with van der Waals surface area (Å²) in [5, 5.41) is 9.01. The number of halogens is 1. The van der Waals surface area contributed by atoms with Crippen molar-refractivity contribution < 1.29 is 5.11 Å². The molecule has 1 N–H and O–H groups in total. The number of rotatable bonds is 0. The van der Waals surface area contributed by atoms with E-state index in [1.165, 1.54) is 6.20 Å². The first kappa shape index (κ1) is 6.36. The van der Waals surface area contributed by atoms with Crippen LogP contribution in [0.3, 0.4) is 0 Å². The maximum Gasteiger partial charge on any atom is 0.230 e. The van der Waals surface area contributed by atoms with Crippen LogP contribution in [0.1, 0.15) is 5.56 Å². The lowest BCUT2D eigenvalue weighted by molar-refractivity contribution is 0.453. The molecule has 1 radical (unpaired) electrons. The summed E-state index contributed by atoms with van der Waals surface area (Å²) in [4.78, 5) is 3.54. The van der Waals surface area contributed by atoms with Crippen LogP contribution < -0.4 is 0 Å². The summed E-state index contributed by atoms with van der Waals surface area (Å²) < 4.78 is 0. The maximum absolute atomic E-state index is 8.77. The molecule has 1 aromatic rings. The quantitative estimate of drug-likeness (QED) is 0.597. The molecule has 0 fully saturated rings. The van der Waals surface area contributed by atoms with Crippen LogP contribution in [0.25, 0.3) is 0 Å². The Hall–Kier alpha value is -0.760. The molecule has 1 aromatic heterocycles. The third-order valence-corrected chi connectivity index (χ3v) is 1.16. The summed E-state index contributed by atoms with van der Waals surface area (Å²) in [5.74, 6) is -0.149. The van der Waals surface area contributed by atoms with Gasteiger partial charge in [0.05, 0.1) is 0 Å². The van der Waals surface area contributed by atoms with Crippen molar-refractivity contribution in [3.63, 3.8) is 0 Å². The van der Waals surface area contributed by atoms with Crippen LogP contribution >= 0.6 is 11.6 Å². The number of aromatic hydroxyl groups is 1. The lowest BCUT2D eigenvalue weighted by Crippen LogP contribution is -1.77. The molecule has 0 aliphatic carbocycles. The van der Waals surface area contributed by atoms with E-state index in [1.54, 1.807) is 6.07 Å². The van der Waals surface area contributed by atoms with Gasteiger partial charge in [0.15, 0.2) is 0 Å². The van der Waals surface area contributed by atoms with E-state index in [0.29, 0.717) is 5.56 Å². The van der Waals surface area contributed by atoms with Crippen LogP contribution in [-0.4, -0.2) is 10.1 Å². The van der Waals surface area contributed by atoms with Crippen LogP contribution in [0, 0.1) is 6.92 Å². The van der Waals surface area contributed by atoms with Crippen molar-refractivity contribution in [2.75, 3.05) is 0 Å².